The zero-order valence-corrected chi connectivity index (χ0v) is 11.2. The van der Waals surface area contributed by atoms with Gasteiger partial charge in [-0.05, 0) is 37.0 Å². The lowest BCUT2D eigenvalue weighted by molar-refractivity contribution is -0.108. The molecule has 0 fully saturated rings. The van der Waals surface area contributed by atoms with Crippen LogP contribution in [0.15, 0.2) is 6.07 Å². The first-order valence-corrected chi connectivity index (χ1v) is 5.72. The number of hydrogen-bond acceptors (Lipinski definition) is 3. The summed E-state index contributed by atoms with van der Waals surface area (Å²) in [7, 11) is 3.31. The van der Waals surface area contributed by atoms with Crippen molar-refractivity contribution < 1.29 is 14.3 Å². The third-order valence-electron chi connectivity index (χ3n) is 3.09. The van der Waals surface area contributed by atoms with Gasteiger partial charge in [0.15, 0.2) is 0 Å². The summed E-state index contributed by atoms with van der Waals surface area (Å²) in [6, 6.07) is 1.96. The van der Waals surface area contributed by atoms with Crippen LogP contribution >= 0.6 is 0 Å². The maximum atomic E-state index is 10.7. The molecule has 1 aromatic carbocycles. The van der Waals surface area contributed by atoms with Crippen molar-refractivity contribution in [3.05, 3.63) is 22.8 Å². The Labute approximate surface area is 103 Å². The van der Waals surface area contributed by atoms with E-state index in [9.17, 15) is 4.79 Å². The van der Waals surface area contributed by atoms with Crippen molar-refractivity contribution in [2.24, 2.45) is 0 Å². The predicted molar refractivity (Wildman–Crippen MR) is 68.1 cm³/mol. The number of carbonyl (C=O) groups is 1. The van der Waals surface area contributed by atoms with E-state index in [0.717, 1.165) is 34.5 Å². The average Bonchev–Trinajstić information content (AvgIpc) is 2.31. The van der Waals surface area contributed by atoms with Crippen LogP contribution in [-0.2, 0) is 4.79 Å². The van der Waals surface area contributed by atoms with E-state index in [2.05, 4.69) is 0 Å². The van der Waals surface area contributed by atoms with Crippen LogP contribution in [0.25, 0.3) is 0 Å². The lowest BCUT2D eigenvalue weighted by Gasteiger charge is -2.20. The van der Waals surface area contributed by atoms with E-state index in [1.165, 1.54) is 0 Å². The molecule has 3 heteroatoms. The molecule has 1 aromatic rings. The van der Waals surface area contributed by atoms with E-state index in [1.807, 2.05) is 26.8 Å². The normalized spacial score (nSPS) is 12.1. The molecule has 0 aliphatic carbocycles. The molecule has 0 N–H and O–H groups in total. The van der Waals surface area contributed by atoms with Gasteiger partial charge in [0.1, 0.15) is 17.8 Å². The minimum Gasteiger partial charge on any atom is -0.496 e. The van der Waals surface area contributed by atoms with Gasteiger partial charge in [0.25, 0.3) is 0 Å². The van der Waals surface area contributed by atoms with Crippen molar-refractivity contribution in [1.82, 2.24) is 0 Å². The Morgan fingerprint density at radius 3 is 2.41 bits per heavy atom. The summed E-state index contributed by atoms with van der Waals surface area (Å²) < 4.78 is 10.8. The number of ether oxygens (including phenoxy) is 2. The van der Waals surface area contributed by atoms with Gasteiger partial charge in [-0.3, -0.25) is 0 Å². The zero-order valence-electron chi connectivity index (χ0n) is 11.2. The van der Waals surface area contributed by atoms with Gasteiger partial charge in [0, 0.05) is 12.0 Å². The molecule has 0 heterocycles. The lowest BCUT2D eigenvalue weighted by Crippen LogP contribution is -2.05. The summed E-state index contributed by atoms with van der Waals surface area (Å²) in [6.07, 6.45) is 1.43. The first-order chi connectivity index (χ1) is 8.06. The van der Waals surface area contributed by atoms with Crippen LogP contribution in [0.2, 0.25) is 0 Å². The molecule has 0 radical (unpaired) electrons. The zero-order chi connectivity index (χ0) is 13.0. The SMILES string of the molecule is COc1cc(C)c(OC)c(C(C)CC=O)c1C. The Morgan fingerprint density at radius 1 is 1.29 bits per heavy atom. The molecule has 0 amide bonds. The Kier molecular flexibility index (Phi) is 4.55. The first-order valence-electron chi connectivity index (χ1n) is 5.72. The highest BCUT2D eigenvalue weighted by Crippen LogP contribution is 2.38. The first kappa shape index (κ1) is 13.6. The highest BCUT2D eigenvalue weighted by atomic mass is 16.5. The number of hydrogen-bond donors (Lipinski definition) is 0. The van der Waals surface area contributed by atoms with Crippen molar-refractivity contribution in [3.8, 4) is 11.5 Å². The number of aryl methyl sites for hydroxylation is 1. The Bertz CT molecular complexity index is 410. The number of carbonyl (C=O) groups excluding carboxylic acids is 1. The van der Waals surface area contributed by atoms with Crippen molar-refractivity contribution in [1.29, 1.82) is 0 Å². The third kappa shape index (κ3) is 2.60. The monoisotopic (exact) mass is 236 g/mol. The highest BCUT2D eigenvalue weighted by Gasteiger charge is 2.19. The molecule has 1 rings (SSSR count). The fraction of sp³-hybridized carbons (Fsp3) is 0.500. The van der Waals surface area contributed by atoms with Crippen LogP contribution in [-0.4, -0.2) is 20.5 Å². The summed E-state index contributed by atoms with van der Waals surface area (Å²) in [5.74, 6) is 1.84. The summed E-state index contributed by atoms with van der Waals surface area (Å²) in [5.41, 5.74) is 3.14. The molecule has 17 heavy (non-hydrogen) atoms. The number of aldehydes is 1. The third-order valence-corrected chi connectivity index (χ3v) is 3.09. The Hall–Kier alpha value is -1.51. The molecule has 3 nitrogen and oxygen atoms in total. The molecule has 0 aliphatic heterocycles. The molecule has 0 aliphatic rings. The largest absolute Gasteiger partial charge is 0.496 e. The molecule has 1 unspecified atom stereocenters. The average molecular weight is 236 g/mol. The van der Waals surface area contributed by atoms with Crippen LogP contribution in [0.4, 0.5) is 0 Å². The van der Waals surface area contributed by atoms with E-state index in [0.29, 0.717) is 6.42 Å². The van der Waals surface area contributed by atoms with Crippen LogP contribution in [0.3, 0.4) is 0 Å². The fourth-order valence-electron chi connectivity index (χ4n) is 2.22. The second-order valence-corrected chi connectivity index (χ2v) is 4.27. The summed E-state index contributed by atoms with van der Waals surface area (Å²) in [5, 5.41) is 0. The van der Waals surface area contributed by atoms with Gasteiger partial charge >= 0.3 is 0 Å². The van der Waals surface area contributed by atoms with Crippen molar-refractivity contribution in [2.45, 2.75) is 33.1 Å². The van der Waals surface area contributed by atoms with Gasteiger partial charge in [-0.15, -0.1) is 0 Å². The Morgan fingerprint density at radius 2 is 1.94 bits per heavy atom. The van der Waals surface area contributed by atoms with Gasteiger partial charge in [-0.25, -0.2) is 0 Å². The maximum Gasteiger partial charge on any atom is 0.125 e. The van der Waals surface area contributed by atoms with Crippen LogP contribution in [0.1, 0.15) is 36.0 Å². The second kappa shape index (κ2) is 5.71. The van der Waals surface area contributed by atoms with E-state index in [4.69, 9.17) is 9.47 Å². The van der Waals surface area contributed by atoms with E-state index in [1.54, 1.807) is 14.2 Å². The van der Waals surface area contributed by atoms with E-state index in [-0.39, 0.29) is 5.92 Å². The van der Waals surface area contributed by atoms with Gasteiger partial charge in [0.05, 0.1) is 14.2 Å². The molecule has 0 aromatic heterocycles. The van der Waals surface area contributed by atoms with Crippen molar-refractivity contribution in [3.63, 3.8) is 0 Å². The maximum absolute atomic E-state index is 10.7. The highest BCUT2D eigenvalue weighted by molar-refractivity contribution is 5.58. The molecule has 0 bridgehead atoms. The lowest BCUT2D eigenvalue weighted by atomic mass is 9.90. The second-order valence-electron chi connectivity index (χ2n) is 4.27. The minimum absolute atomic E-state index is 0.135. The fourth-order valence-corrected chi connectivity index (χ4v) is 2.22. The van der Waals surface area contributed by atoms with Gasteiger partial charge in [-0.1, -0.05) is 6.92 Å². The molecule has 0 spiro atoms. The predicted octanol–water partition coefficient (Wildman–Crippen LogP) is 3.01. The summed E-state index contributed by atoms with van der Waals surface area (Å²) in [6.45, 7) is 6.01. The van der Waals surface area contributed by atoms with Gasteiger partial charge in [-0.2, -0.15) is 0 Å². The molecule has 0 saturated heterocycles. The molecule has 1 atom stereocenters. The number of rotatable bonds is 5. The van der Waals surface area contributed by atoms with E-state index < -0.39 is 0 Å². The molecule has 94 valence electrons. The Balaban J connectivity index is 3.41. The van der Waals surface area contributed by atoms with E-state index >= 15 is 0 Å². The van der Waals surface area contributed by atoms with Crippen LogP contribution < -0.4 is 9.47 Å². The van der Waals surface area contributed by atoms with Gasteiger partial charge in [0.2, 0.25) is 0 Å². The molecular formula is C14H20O3. The standard InChI is InChI=1S/C14H20O3/c1-9(6-7-15)13-11(3)12(16-4)8-10(2)14(13)17-5/h7-9H,6H2,1-5H3. The smallest absolute Gasteiger partial charge is 0.125 e. The number of methoxy groups -OCH3 is 2. The minimum atomic E-state index is 0.135. The van der Waals surface area contributed by atoms with Crippen LogP contribution in [0, 0.1) is 13.8 Å². The van der Waals surface area contributed by atoms with Crippen molar-refractivity contribution >= 4 is 6.29 Å². The summed E-state index contributed by atoms with van der Waals surface area (Å²) in [4.78, 5) is 10.7. The van der Waals surface area contributed by atoms with Crippen molar-refractivity contribution in [2.75, 3.05) is 14.2 Å². The van der Waals surface area contributed by atoms with Gasteiger partial charge < -0.3 is 14.3 Å². The number of benzene rings is 1. The van der Waals surface area contributed by atoms with Crippen LogP contribution in [0.5, 0.6) is 11.5 Å². The summed E-state index contributed by atoms with van der Waals surface area (Å²) >= 11 is 0. The quantitative estimate of drug-likeness (QED) is 0.737. The molecular weight excluding hydrogens is 216 g/mol. The topological polar surface area (TPSA) is 35.5 Å². The molecule has 0 saturated carbocycles.